The number of ether oxygens (including phenoxy) is 2. The van der Waals surface area contributed by atoms with Crippen molar-refractivity contribution in [2.75, 3.05) is 26.1 Å². The molecule has 0 atom stereocenters. The van der Waals surface area contributed by atoms with Crippen molar-refractivity contribution in [3.63, 3.8) is 0 Å². The molecule has 0 amide bonds. The van der Waals surface area contributed by atoms with E-state index >= 15 is 0 Å². The van der Waals surface area contributed by atoms with Gasteiger partial charge in [0.1, 0.15) is 5.75 Å². The smallest absolute Gasteiger partial charge is 0.200 e. The average molecular weight is 235 g/mol. The van der Waals surface area contributed by atoms with Crippen LogP contribution in [0.25, 0.3) is 11.0 Å². The van der Waals surface area contributed by atoms with Crippen molar-refractivity contribution >= 4 is 17.0 Å². The highest BCUT2D eigenvalue weighted by Gasteiger charge is 2.05. The van der Waals surface area contributed by atoms with Crippen molar-refractivity contribution in [3.8, 4) is 5.75 Å². The molecular weight excluding hydrogens is 218 g/mol. The Labute approximate surface area is 100 Å². The molecular formula is C12H17N3O2. The molecule has 1 aromatic carbocycles. The molecule has 0 aliphatic carbocycles. The number of rotatable bonds is 5. The Morgan fingerprint density at radius 3 is 2.94 bits per heavy atom. The van der Waals surface area contributed by atoms with E-state index in [2.05, 4.69) is 4.98 Å². The first-order chi connectivity index (χ1) is 8.22. The van der Waals surface area contributed by atoms with E-state index in [-0.39, 0.29) is 0 Å². The van der Waals surface area contributed by atoms with E-state index in [4.69, 9.17) is 15.2 Å². The molecule has 0 unspecified atom stereocenters. The molecule has 0 aliphatic heterocycles. The monoisotopic (exact) mass is 235 g/mol. The van der Waals surface area contributed by atoms with Crippen LogP contribution < -0.4 is 10.5 Å². The maximum absolute atomic E-state index is 5.74. The van der Waals surface area contributed by atoms with E-state index < -0.39 is 0 Å². The van der Waals surface area contributed by atoms with Gasteiger partial charge in [0.15, 0.2) is 0 Å². The summed E-state index contributed by atoms with van der Waals surface area (Å²) in [6.45, 7) is 1.35. The predicted molar refractivity (Wildman–Crippen MR) is 67.1 cm³/mol. The van der Waals surface area contributed by atoms with Gasteiger partial charge in [0.25, 0.3) is 0 Å². The molecule has 2 aromatic rings. The summed E-state index contributed by atoms with van der Waals surface area (Å²) in [6, 6.07) is 5.77. The van der Waals surface area contributed by atoms with Crippen molar-refractivity contribution in [1.29, 1.82) is 0 Å². The quantitative estimate of drug-likeness (QED) is 0.799. The molecule has 2 rings (SSSR count). The first kappa shape index (κ1) is 11.7. The lowest BCUT2D eigenvalue weighted by atomic mass is 10.3. The molecule has 0 spiro atoms. The molecule has 17 heavy (non-hydrogen) atoms. The van der Waals surface area contributed by atoms with Gasteiger partial charge >= 0.3 is 0 Å². The summed E-state index contributed by atoms with van der Waals surface area (Å²) < 4.78 is 12.4. The van der Waals surface area contributed by atoms with Crippen LogP contribution in [-0.4, -0.2) is 29.9 Å². The zero-order valence-electron chi connectivity index (χ0n) is 10.1. The van der Waals surface area contributed by atoms with Gasteiger partial charge in [-0.2, -0.15) is 0 Å². The van der Waals surface area contributed by atoms with E-state index in [1.165, 1.54) is 0 Å². The maximum atomic E-state index is 5.74. The van der Waals surface area contributed by atoms with Gasteiger partial charge in [0.2, 0.25) is 5.95 Å². The van der Waals surface area contributed by atoms with E-state index in [1.807, 2.05) is 29.8 Å². The largest absolute Gasteiger partial charge is 0.493 e. The number of nitrogens with zero attached hydrogens (tertiary/aromatic N) is 2. The van der Waals surface area contributed by atoms with Crippen LogP contribution in [0.5, 0.6) is 5.75 Å². The van der Waals surface area contributed by atoms with Gasteiger partial charge in [-0.25, -0.2) is 4.98 Å². The van der Waals surface area contributed by atoms with Crippen LogP contribution in [0.3, 0.4) is 0 Å². The molecule has 0 aliphatic rings. The molecule has 0 bridgehead atoms. The number of aromatic nitrogens is 2. The third kappa shape index (κ3) is 2.50. The Kier molecular flexibility index (Phi) is 3.49. The van der Waals surface area contributed by atoms with Crippen LogP contribution in [0.15, 0.2) is 18.2 Å². The number of fused-ring (bicyclic) bond motifs is 1. The van der Waals surface area contributed by atoms with E-state index in [1.54, 1.807) is 7.11 Å². The zero-order chi connectivity index (χ0) is 12.3. The highest BCUT2D eigenvalue weighted by atomic mass is 16.5. The summed E-state index contributed by atoms with van der Waals surface area (Å²) in [5, 5.41) is 0. The minimum Gasteiger partial charge on any atom is -0.493 e. The molecule has 0 saturated carbocycles. The van der Waals surface area contributed by atoms with Crippen LogP contribution in [-0.2, 0) is 11.8 Å². The Morgan fingerprint density at radius 1 is 1.35 bits per heavy atom. The third-order valence-electron chi connectivity index (χ3n) is 2.65. The summed E-state index contributed by atoms with van der Waals surface area (Å²) >= 11 is 0. The van der Waals surface area contributed by atoms with Gasteiger partial charge in [-0.15, -0.1) is 0 Å². The molecule has 0 fully saturated rings. The highest BCUT2D eigenvalue weighted by molar-refractivity contribution is 5.79. The molecule has 5 nitrogen and oxygen atoms in total. The standard InChI is InChI=1S/C12H17N3O2/c1-15-11-8-9(17-7-3-6-16-2)4-5-10(11)14-12(15)13/h4-5,8H,3,6-7H2,1-2H3,(H2,13,14). The minimum atomic E-state index is 0.511. The van der Waals surface area contributed by atoms with Crippen LogP contribution >= 0.6 is 0 Å². The van der Waals surface area contributed by atoms with Gasteiger partial charge in [0.05, 0.1) is 17.6 Å². The molecule has 5 heteroatoms. The number of nitrogen functional groups attached to an aromatic ring is 1. The summed E-state index contributed by atoms with van der Waals surface area (Å²) in [4.78, 5) is 4.23. The molecule has 0 saturated heterocycles. The van der Waals surface area contributed by atoms with E-state index in [9.17, 15) is 0 Å². The Morgan fingerprint density at radius 2 is 2.18 bits per heavy atom. The fraction of sp³-hybridized carbons (Fsp3) is 0.417. The fourth-order valence-electron chi connectivity index (χ4n) is 1.67. The van der Waals surface area contributed by atoms with Gasteiger partial charge in [-0.3, -0.25) is 0 Å². The zero-order valence-corrected chi connectivity index (χ0v) is 10.1. The average Bonchev–Trinajstić information content (AvgIpc) is 2.61. The van der Waals surface area contributed by atoms with Gasteiger partial charge in [-0.05, 0) is 12.1 Å². The summed E-state index contributed by atoms with van der Waals surface area (Å²) in [6.07, 6.45) is 0.877. The lowest BCUT2D eigenvalue weighted by molar-refractivity contribution is 0.172. The normalized spacial score (nSPS) is 10.9. The first-order valence-electron chi connectivity index (χ1n) is 5.56. The number of methoxy groups -OCH3 is 1. The number of imidazole rings is 1. The predicted octanol–water partition coefficient (Wildman–Crippen LogP) is 1.57. The van der Waals surface area contributed by atoms with Gasteiger partial charge < -0.3 is 19.8 Å². The SMILES string of the molecule is COCCCOc1ccc2nc(N)n(C)c2c1. The minimum absolute atomic E-state index is 0.511. The lowest BCUT2D eigenvalue weighted by Crippen LogP contribution is -2.01. The van der Waals surface area contributed by atoms with Crippen molar-refractivity contribution in [3.05, 3.63) is 18.2 Å². The molecule has 1 heterocycles. The molecule has 1 aromatic heterocycles. The van der Waals surface area contributed by atoms with Gasteiger partial charge in [-0.1, -0.05) is 0 Å². The van der Waals surface area contributed by atoms with Crippen molar-refractivity contribution in [2.45, 2.75) is 6.42 Å². The number of aryl methyl sites for hydroxylation is 1. The van der Waals surface area contributed by atoms with Crippen LogP contribution in [0.1, 0.15) is 6.42 Å². The summed E-state index contributed by atoms with van der Waals surface area (Å²) in [5.74, 6) is 1.34. The second kappa shape index (κ2) is 5.05. The van der Waals surface area contributed by atoms with Gasteiger partial charge in [0, 0.05) is 33.3 Å². The Balaban J connectivity index is 2.11. The summed E-state index contributed by atoms with van der Waals surface area (Å²) in [5.41, 5.74) is 7.60. The van der Waals surface area contributed by atoms with Crippen LogP contribution in [0.4, 0.5) is 5.95 Å². The van der Waals surface area contributed by atoms with Crippen molar-refractivity contribution in [2.24, 2.45) is 7.05 Å². The maximum Gasteiger partial charge on any atom is 0.200 e. The van der Waals surface area contributed by atoms with E-state index in [0.717, 1.165) is 23.2 Å². The Hall–Kier alpha value is -1.75. The van der Waals surface area contributed by atoms with Crippen LogP contribution in [0.2, 0.25) is 0 Å². The van der Waals surface area contributed by atoms with Crippen molar-refractivity contribution < 1.29 is 9.47 Å². The third-order valence-corrected chi connectivity index (χ3v) is 2.65. The highest BCUT2D eigenvalue weighted by Crippen LogP contribution is 2.22. The Bertz CT molecular complexity index is 508. The van der Waals surface area contributed by atoms with Crippen LogP contribution in [0, 0.1) is 0 Å². The van der Waals surface area contributed by atoms with Crippen molar-refractivity contribution in [1.82, 2.24) is 9.55 Å². The molecule has 0 radical (unpaired) electrons. The number of hydrogen-bond donors (Lipinski definition) is 1. The molecule has 92 valence electrons. The number of anilines is 1. The summed E-state index contributed by atoms with van der Waals surface area (Å²) in [7, 11) is 3.57. The molecule has 2 N–H and O–H groups in total. The number of hydrogen-bond acceptors (Lipinski definition) is 4. The lowest BCUT2D eigenvalue weighted by Gasteiger charge is -2.06. The number of benzene rings is 1. The topological polar surface area (TPSA) is 62.3 Å². The fourth-order valence-corrected chi connectivity index (χ4v) is 1.67. The number of nitrogens with two attached hydrogens (primary N) is 1. The second-order valence-corrected chi connectivity index (χ2v) is 3.87. The van der Waals surface area contributed by atoms with E-state index in [0.29, 0.717) is 19.2 Å². The second-order valence-electron chi connectivity index (χ2n) is 3.87. The first-order valence-corrected chi connectivity index (χ1v) is 5.56.